The van der Waals surface area contributed by atoms with Crippen molar-refractivity contribution >= 4 is 22.5 Å². The monoisotopic (exact) mass is 367 g/mol. The summed E-state index contributed by atoms with van der Waals surface area (Å²) in [7, 11) is 0. The summed E-state index contributed by atoms with van der Waals surface area (Å²) in [6, 6.07) is 13.2. The maximum atomic E-state index is 13.8. The summed E-state index contributed by atoms with van der Waals surface area (Å²) >= 11 is 0. The van der Waals surface area contributed by atoms with Gasteiger partial charge in [-0.05, 0) is 48.0 Å². The van der Waals surface area contributed by atoms with Gasteiger partial charge >= 0.3 is 0 Å². The van der Waals surface area contributed by atoms with E-state index in [4.69, 9.17) is 0 Å². The number of carbonyl (C=O) groups is 1. The fraction of sp³-hybridized carbons (Fsp3) is 0.100. The average Bonchev–Trinajstić information content (AvgIpc) is 3.14. The first-order valence-corrected chi connectivity index (χ1v) is 8.33. The number of amides is 1. The van der Waals surface area contributed by atoms with E-state index in [-0.39, 0.29) is 24.5 Å². The molecule has 0 saturated heterocycles. The maximum Gasteiger partial charge on any atom is 0.275 e. The van der Waals surface area contributed by atoms with Crippen molar-refractivity contribution in [2.24, 2.45) is 0 Å². The topological polar surface area (TPSA) is 55.5 Å². The van der Waals surface area contributed by atoms with Gasteiger partial charge in [0, 0.05) is 12.7 Å². The van der Waals surface area contributed by atoms with Gasteiger partial charge in [-0.2, -0.15) is 0 Å². The molecule has 5 nitrogen and oxygen atoms in total. The molecule has 2 heterocycles. The Hall–Kier alpha value is -3.48. The predicted molar refractivity (Wildman–Crippen MR) is 97.4 cm³/mol. The van der Waals surface area contributed by atoms with E-state index in [1.165, 1.54) is 28.8 Å². The third-order valence-electron chi connectivity index (χ3n) is 4.41. The molecule has 136 valence electrons. The van der Waals surface area contributed by atoms with E-state index in [9.17, 15) is 18.4 Å². The quantitative estimate of drug-likeness (QED) is 0.603. The van der Waals surface area contributed by atoms with Crippen molar-refractivity contribution in [1.82, 2.24) is 14.3 Å². The Morgan fingerprint density at radius 1 is 0.926 bits per heavy atom. The first kappa shape index (κ1) is 17.0. The fourth-order valence-electron chi connectivity index (χ4n) is 3.09. The van der Waals surface area contributed by atoms with E-state index < -0.39 is 11.7 Å². The first-order valence-electron chi connectivity index (χ1n) is 8.33. The van der Waals surface area contributed by atoms with Gasteiger partial charge in [0.1, 0.15) is 23.7 Å². The maximum absolute atomic E-state index is 13.8. The molecule has 0 bridgehead atoms. The van der Waals surface area contributed by atoms with Crippen LogP contribution in [-0.4, -0.2) is 14.9 Å². The van der Waals surface area contributed by atoms with E-state index in [1.54, 1.807) is 40.9 Å². The van der Waals surface area contributed by atoms with Gasteiger partial charge < -0.3 is 9.72 Å². The molecule has 0 aliphatic carbocycles. The first-order chi connectivity index (χ1) is 13.0. The minimum atomic E-state index is -0.492. The minimum Gasteiger partial charge on any atom is -0.350 e. The number of hydrogen-bond donors (Lipinski definition) is 1. The molecule has 2 aromatic heterocycles. The van der Waals surface area contributed by atoms with E-state index in [0.717, 1.165) is 5.56 Å². The molecule has 0 fully saturated rings. The molecule has 0 atom stereocenters. The van der Waals surface area contributed by atoms with E-state index in [2.05, 4.69) is 5.32 Å². The molecular weight excluding hydrogens is 352 g/mol. The number of halogens is 2. The minimum absolute atomic E-state index is 0.202. The summed E-state index contributed by atoms with van der Waals surface area (Å²) in [6.07, 6.45) is 1.72. The van der Waals surface area contributed by atoms with Crippen molar-refractivity contribution in [2.75, 3.05) is 0 Å². The van der Waals surface area contributed by atoms with Crippen LogP contribution in [0.25, 0.3) is 16.6 Å². The molecular formula is C20H15F2N3O2. The lowest BCUT2D eigenvalue weighted by Crippen LogP contribution is -2.33. The molecule has 2 aromatic carbocycles. The van der Waals surface area contributed by atoms with Crippen LogP contribution in [0.3, 0.4) is 0 Å². The highest BCUT2D eigenvalue weighted by molar-refractivity contribution is 5.82. The van der Waals surface area contributed by atoms with Crippen LogP contribution >= 0.6 is 0 Å². The molecule has 1 N–H and O–H groups in total. The zero-order valence-electron chi connectivity index (χ0n) is 14.2. The van der Waals surface area contributed by atoms with E-state index in [0.29, 0.717) is 16.6 Å². The van der Waals surface area contributed by atoms with Crippen molar-refractivity contribution in [1.29, 1.82) is 0 Å². The van der Waals surface area contributed by atoms with Crippen LogP contribution in [0.4, 0.5) is 8.78 Å². The van der Waals surface area contributed by atoms with Crippen molar-refractivity contribution < 1.29 is 13.6 Å². The molecule has 0 aliphatic heterocycles. The zero-order valence-corrected chi connectivity index (χ0v) is 14.2. The summed E-state index contributed by atoms with van der Waals surface area (Å²) in [4.78, 5) is 25.1. The summed E-state index contributed by atoms with van der Waals surface area (Å²) < 4.78 is 29.6. The predicted octanol–water partition coefficient (Wildman–Crippen LogP) is 2.85. The largest absolute Gasteiger partial charge is 0.350 e. The summed E-state index contributed by atoms with van der Waals surface area (Å²) in [5.74, 6) is -1.25. The molecule has 1 amide bonds. The second-order valence-corrected chi connectivity index (χ2v) is 6.19. The van der Waals surface area contributed by atoms with Gasteiger partial charge in [-0.3, -0.25) is 14.2 Å². The number of rotatable bonds is 4. The highest BCUT2D eigenvalue weighted by atomic mass is 19.1. The molecule has 0 unspecified atom stereocenters. The molecule has 27 heavy (non-hydrogen) atoms. The highest BCUT2D eigenvalue weighted by Gasteiger charge is 2.14. The zero-order chi connectivity index (χ0) is 19.0. The van der Waals surface area contributed by atoms with Crippen LogP contribution in [-0.2, 0) is 17.9 Å². The standard InChI is InChI=1S/C20H15F2N3O2/c21-14-5-3-13(4-6-14)11-23-19(26)12-25-18-10-15(22)7-8-16(18)24-9-1-2-17(24)20(25)27/h1-10H,11-12H2,(H,23,26). The van der Waals surface area contributed by atoms with Gasteiger partial charge in [-0.1, -0.05) is 12.1 Å². The van der Waals surface area contributed by atoms with E-state index >= 15 is 0 Å². The lowest BCUT2D eigenvalue weighted by molar-refractivity contribution is -0.121. The molecule has 4 rings (SSSR count). The van der Waals surface area contributed by atoms with Gasteiger partial charge in [0.15, 0.2) is 0 Å². The smallest absolute Gasteiger partial charge is 0.275 e. The SMILES string of the molecule is O=C(Cn1c(=O)c2cccn2c2ccc(F)cc21)NCc1ccc(F)cc1. The molecule has 0 saturated carbocycles. The third kappa shape index (κ3) is 3.19. The van der Waals surface area contributed by atoms with Gasteiger partial charge in [-0.15, -0.1) is 0 Å². The van der Waals surface area contributed by atoms with E-state index in [1.807, 2.05) is 0 Å². The van der Waals surface area contributed by atoms with Crippen molar-refractivity contribution in [2.45, 2.75) is 13.1 Å². The van der Waals surface area contributed by atoms with Crippen LogP contribution in [0.5, 0.6) is 0 Å². The number of aromatic nitrogens is 2. The lowest BCUT2D eigenvalue weighted by atomic mass is 10.2. The number of nitrogens with one attached hydrogen (secondary N) is 1. The Morgan fingerprint density at radius 2 is 1.67 bits per heavy atom. The molecule has 7 heteroatoms. The van der Waals surface area contributed by atoms with Gasteiger partial charge in [0.05, 0.1) is 11.0 Å². The molecule has 0 radical (unpaired) electrons. The lowest BCUT2D eigenvalue weighted by Gasteiger charge is -2.13. The Bertz CT molecular complexity index is 1210. The Kier molecular flexibility index (Phi) is 4.19. The second-order valence-electron chi connectivity index (χ2n) is 6.19. The van der Waals surface area contributed by atoms with Crippen molar-refractivity contribution in [3.8, 4) is 0 Å². The number of carbonyl (C=O) groups excluding carboxylic acids is 1. The molecule has 4 aromatic rings. The number of hydrogen-bond acceptors (Lipinski definition) is 2. The van der Waals surface area contributed by atoms with Crippen LogP contribution in [0, 0.1) is 11.6 Å². The summed E-state index contributed by atoms with van der Waals surface area (Å²) in [5.41, 5.74) is 1.72. The second kappa shape index (κ2) is 6.68. The Labute approximate surface area is 152 Å². The van der Waals surface area contributed by atoms with Crippen LogP contribution in [0.2, 0.25) is 0 Å². The average molecular weight is 367 g/mol. The molecule has 0 spiro atoms. The fourth-order valence-corrected chi connectivity index (χ4v) is 3.09. The molecule has 0 aliphatic rings. The third-order valence-corrected chi connectivity index (χ3v) is 4.41. The Morgan fingerprint density at radius 3 is 2.44 bits per heavy atom. The van der Waals surface area contributed by atoms with Crippen LogP contribution < -0.4 is 10.9 Å². The number of nitrogens with zero attached hydrogens (tertiary/aromatic N) is 2. The number of fused-ring (bicyclic) bond motifs is 3. The van der Waals surface area contributed by atoms with Gasteiger partial charge in [0.2, 0.25) is 5.91 Å². The highest BCUT2D eigenvalue weighted by Crippen LogP contribution is 2.16. The normalized spacial score (nSPS) is 11.2. The van der Waals surface area contributed by atoms with Gasteiger partial charge in [-0.25, -0.2) is 8.78 Å². The van der Waals surface area contributed by atoms with Crippen LogP contribution in [0.15, 0.2) is 65.6 Å². The summed E-state index contributed by atoms with van der Waals surface area (Å²) in [5, 5.41) is 2.69. The van der Waals surface area contributed by atoms with Crippen molar-refractivity contribution in [3.63, 3.8) is 0 Å². The summed E-state index contributed by atoms with van der Waals surface area (Å²) in [6.45, 7) is -0.0464. The van der Waals surface area contributed by atoms with Crippen LogP contribution in [0.1, 0.15) is 5.56 Å². The van der Waals surface area contributed by atoms with Gasteiger partial charge in [0.25, 0.3) is 5.56 Å². The number of benzene rings is 2. The Balaban J connectivity index is 1.66. The van der Waals surface area contributed by atoms with Crippen molar-refractivity contribution in [3.05, 3.63) is 88.3 Å².